The van der Waals surface area contributed by atoms with Gasteiger partial charge in [-0.15, -0.1) is 0 Å². The van der Waals surface area contributed by atoms with Crippen LogP contribution in [0.25, 0.3) is 0 Å². The molecule has 0 fully saturated rings. The molecule has 0 aliphatic rings. The Morgan fingerprint density at radius 1 is 1.36 bits per heavy atom. The molecule has 0 aromatic heterocycles. The number of aliphatic hydroxyl groups excluding tert-OH is 1. The van der Waals surface area contributed by atoms with Crippen molar-refractivity contribution in [2.75, 3.05) is 0 Å². The Hall–Kier alpha value is -0.240. The lowest BCUT2D eigenvalue weighted by atomic mass is 10.1. The van der Waals surface area contributed by atoms with Gasteiger partial charge in [0.25, 0.3) is 0 Å². The van der Waals surface area contributed by atoms with Gasteiger partial charge in [-0.05, 0) is 24.6 Å². The first kappa shape index (κ1) is 8.85. The van der Waals surface area contributed by atoms with Gasteiger partial charge in [-0.1, -0.05) is 23.2 Å². The van der Waals surface area contributed by atoms with Crippen LogP contribution in [0.3, 0.4) is 0 Å². The molecule has 0 amide bonds. The second-order valence-corrected chi connectivity index (χ2v) is 3.10. The summed E-state index contributed by atoms with van der Waals surface area (Å²) in [6, 6.07) is 5.96. The highest BCUT2D eigenvalue weighted by Crippen LogP contribution is 2.22. The molecule has 1 unspecified atom stereocenters. The second kappa shape index (κ2) is 3.44. The quantitative estimate of drug-likeness (QED) is 0.721. The smallest absolute Gasteiger partial charge is 0.0762 e. The van der Waals surface area contributed by atoms with Gasteiger partial charge in [0, 0.05) is 6.07 Å². The minimum absolute atomic E-state index is 0.424. The zero-order valence-electron chi connectivity index (χ0n) is 5.94. The molecule has 0 saturated heterocycles. The van der Waals surface area contributed by atoms with Gasteiger partial charge in [-0.2, -0.15) is 0 Å². The number of hydrogen-bond acceptors (Lipinski definition) is 1. The van der Waals surface area contributed by atoms with Gasteiger partial charge in [0.15, 0.2) is 0 Å². The average molecular weight is 190 g/mol. The zero-order chi connectivity index (χ0) is 8.43. The number of rotatable bonds is 1. The first-order chi connectivity index (χ1) is 5.09. The van der Waals surface area contributed by atoms with Crippen LogP contribution in [0.15, 0.2) is 12.1 Å². The predicted molar refractivity (Wildman–Crippen MR) is 45.9 cm³/mol. The molecule has 3 heteroatoms. The molecule has 1 N–H and O–H groups in total. The molecule has 1 radical (unpaired) electrons. The van der Waals surface area contributed by atoms with Crippen molar-refractivity contribution in [2.24, 2.45) is 0 Å². The van der Waals surface area contributed by atoms with Crippen LogP contribution in [0.2, 0.25) is 10.0 Å². The molecule has 0 aliphatic carbocycles. The summed E-state index contributed by atoms with van der Waals surface area (Å²) in [5.41, 5.74) is 0.707. The highest BCUT2D eigenvalue weighted by Gasteiger charge is 2.02. The van der Waals surface area contributed by atoms with E-state index in [0.29, 0.717) is 15.6 Å². The summed E-state index contributed by atoms with van der Waals surface area (Å²) in [4.78, 5) is 0. The van der Waals surface area contributed by atoms with Crippen molar-refractivity contribution in [1.29, 1.82) is 0 Å². The standard InChI is InChI=1S/C8H7Cl2O/c1-5(11)6-2-7(9)4-8(10)3-6/h2-3,5,11H,1H3. The van der Waals surface area contributed by atoms with Crippen molar-refractivity contribution in [1.82, 2.24) is 0 Å². The third kappa shape index (κ3) is 2.37. The van der Waals surface area contributed by atoms with E-state index < -0.39 is 6.10 Å². The Kier molecular flexibility index (Phi) is 2.77. The summed E-state index contributed by atoms with van der Waals surface area (Å²) in [5.74, 6) is 0. The largest absolute Gasteiger partial charge is 0.389 e. The topological polar surface area (TPSA) is 20.2 Å². The molecule has 0 aliphatic heterocycles. The van der Waals surface area contributed by atoms with E-state index in [9.17, 15) is 0 Å². The molecule has 1 rings (SSSR count). The van der Waals surface area contributed by atoms with E-state index in [0.717, 1.165) is 0 Å². The summed E-state index contributed by atoms with van der Waals surface area (Å²) >= 11 is 11.3. The van der Waals surface area contributed by atoms with E-state index >= 15 is 0 Å². The van der Waals surface area contributed by atoms with Gasteiger partial charge in [0.05, 0.1) is 16.1 Å². The molecule has 0 bridgehead atoms. The van der Waals surface area contributed by atoms with E-state index in [1.165, 1.54) is 0 Å². The average Bonchev–Trinajstić information content (AvgIpc) is 1.85. The fraction of sp³-hybridized carbons (Fsp3) is 0.250. The molecule has 59 valence electrons. The van der Waals surface area contributed by atoms with Gasteiger partial charge < -0.3 is 5.11 Å². The molecule has 0 heterocycles. The Morgan fingerprint density at radius 2 is 1.82 bits per heavy atom. The fourth-order valence-electron chi connectivity index (χ4n) is 0.762. The Labute approximate surface area is 75.6 Å². The molecule has 11 heavy (non-hydrogen) atoms. The first-order valence-corrected chi connectivity index (χ1v) is 3.91. The van der Waals surface area contributed by atoms with E-state index in [1.807, 2.05) is 0 Å². The van der Waals surface area contributed by atoms with E-state index in [1.54, 1.807) is 19.1 Å². The van der Waals surface area contributed by atoms with Crippen molar-refractivity contribution >= 4 is 23.2 Å². The number of aliphatic hydroxyl groups is 1. The third-order valence-corrected chi connectivity index (χ3v) is 1.72. The summed E-state index contributed by atoms with van der Waals surface area (Å²) in [6.07, 6.45) is -0.542. The summed E-state index contributed by atoms with van der Waals surface area (Å²) in [6.45, 7) is 1.65. The van der Waals surface area contributed by atoms with Gasteiger partial charge in [0.2, 0.25) is 0 Å². The van der Waals surface area contributed by atoms with Crippen LogP contribution in [0.1, 0.15) is 18.6 Å². The minimum Gasteiger partial charge on any atom is -0.389 e. The third-order valence-electron chi connectivity index (χ3n) is 1.31. The van der Waals surface area contributed by atoms with Crippen molar-refractivity contribution in [3.05, 3.63) is 33.8 Å². The van der Waals surface area contributed by atoms with Crippen LogP contribution in [0, 0.1) is 6.07 Å². The Bertz CT molecular complexity index is 238. The highest BCUT2D eigenvalue weighted by molar-refractivity contribution is 6.34. The molecular weight excluding hydrogens is 183 g/mol. The van der Waals surface area contributed by atoms with Crippen LogP contribution >= 0.6 is 23.2 Å². The number of hydrogen-bond donors (Lipinski definition) is 1. The van der Waals surface area contributed by atoms with Gasteiger partial charge in [-0.25, -0.2) is 0 Å². The molecule has 0 saturated carbocycles. The summed E-state index contributed by atoms with van der Waals surface area (Å²) in [7, 11) is 0. The van der Waals surface area contributed by atoms with E-state index in [-0.39, 0.29) is 0 Å². The van der Waals surface area contributed by atoms with Crippen molar-refractivity contribution in [3.8, 4) is 0 Å². The highest BCUT2D eigenvalue weighted by atomic mass is 35.5. The Balaban J connectivity index is 3.08. The van der Waals surface area contributed by atoms with Crippen LogP contribution in [0.4, 0.5) is 0 Å². The maximum Gasteiger partial charge on any atom is 0.0762 e. The van der Waals surface area contributed by atoms with Crippen molar-refractivity contribution in [2.45, 2.75) is 13.0 Å². The SMILES string of the molecule is CC(O)c1cc(Cl)[c]c(Cl)c1. The first-order valence-electron chi connectivity index (χ1n) is 3.16. The molecule has 0 spiro atoms. The summed E-state index contributed by atoms with van der Waals surface area (Å²) in [5, 5.41) is 9.99. The maximum absolute atomic E-state index is 9.14. The van der Waals surface area contributed by atoms with Gasteiger partial charge >= 0.3 is 0 Å². The summed E-state index contributed by atoms with van der Waals surface area (Å²) < 4.78 is 0. The molecule has 1 nitrogen and oxygen atoms in total. The zero-order valence-corrected chi connectivity index (χ0v) is 7.45. The van der Waals surface area contributed by atoms with Crippen LogP contribution in [-0.4, -0.2) is 5.11 Å². The fourth-order valence-corrected chi connectivity index (χ4v) is 1.27. The molecule has 1 atom stereocenters. The monoisotopic (exact) mass is 189 g/mol. The molecular formula is C8H7Cl2O. The second-order valence-electron chi connectivity index (χ2n) is 2.29. The lowest BCUT2D eigenvalue weighted by Gasteiger charge is -2.04. The lowest BCUT2D eigenvalue weighted by molar-refractivity contribution is 0.199. The number of halogens is 2. The minimum atomic E-state index is -0.542. The normalized spacial score (nSPS) is 13.1. The molecule has 1 aromatic carbocycles. The van der Waals surface area contributed by atoms with Crippen molar-refractivity contribution < 1.29 is 5.11 Å². The van der Waals surface area contributed by atoms with Crippen LogP contribution < -0.4 is 0 Å². The van der Waals surface area contributed by atoms with Gasteiger partial charge in [-0.3, -0.25) is 0 Å². The molecule has 1 aromatic rings. The predicted octanol–water partition coefficient (Wildman–Crippen LogP) is 2.85. The van der Waals surface area contributed by atoms with E-state index in [4.69, 9.17) is 28.3 Å². The van der Waals surface area contributed by atoms with Crippen LogP contribution in [-0.2, 0) is 0 Å². The van der Waals surface area contributed by atoms with Crippen molar-refractivity contribution in [3.63, 3.8) is 0 Å². The maximum atomic E-state index is 9.14. The number of benzene rings is 1. The lowest BCUT2D eigenvalue weighted by Crippen LogP contribution is -1.90. The van der Waals surface area contributed by atoms with E-state index in [2.05, 4.69) is 6.07 Å². The Morgan fingerprint density at radius 3 is 2.18 bits per heavy atom. The van der Waals surface area contributed by atoms with Crippen LogP contribution in [0.5, 0.6) is 0 Å². The van der Waals surface area contributed by atoms with Gasteiger partial charge in [0.1, 0.15) is 0 Å².